The Morgan fingerprint density at radius 2 is 2.08 bits per heavy atom. The topological polar surface area (TPSA) is 80.4 Å². The van der Waals surface area contributed by atoms with Gasteiger partial charge in [0.15, 0.2) is 0 Å². The summed E-state index contributed by atoms with van der Waals surface area (Å²) in [7, 11) is 1.95. The Morgan fingerprint density at radius 1 is 1.27 bits per heavy atom. The Kier molecular flexibility index (Phi) is 4.53. The van der Waals surface area contributed by atoms with Crippen molar-refractivity contribution in [1.82, 2.24) is 20.0 Å². The van der Waals surface area contributed by atoms with Crippen LogP contribution in [0.5, 0.6) is 0 Å². The molecule has 3 heterocycles. The number of aryl methyl sites for hydroxylation is 1. The van der Waals surface area contributed by atoms with Crippen molar-refractivity contribution in [2.75, 3.05) is 13.1 Å². The van der Waals surface area contributed by atoms with Crippen LogP contribution in [-0.2, 0) is 18.3 Å². The summed E-state index contributed by atoms with van der Waals surface area (Å²) in [5.74, 6) is 0.0393. The fraction of sp³-hybridized carbons (Fsp3) is 0.526. The summed E-state index contributed by atoms with van der Waals surface area (Å²) in [4.78, 5) is 26.9. The Labute approximate surface area is 152 Å². The molecule has 26 heavy (non-hydrogen) atoms. The van der Waals surface area contributed by atoms with Crippen LogP contribution in [0.25, 0.3) is 0 Å². The summed E-state index contributed by atoms with van der Waals surface area (Å²) in [5, 5.41) is 7.55. The molecule has 0 saturated carbocycles. The minimum atomic E-state index is -0.0366. The van der Waals surface area contributed by atoms with E-state index < -0.39 is 0 Å². The Morgan fingerprint density at radius 3 is 2.81 bits per heavy atom. The van der Waals surface area contributed by atoms with Crippen LogP contribution in [-0.4, -0.2) is 39.6 Å². The maximum Gasteiger partial charge on any atom is 0.257 e. The van der Waals surface area contributed by atoms with Gasteiger partial charge in [0.05, 0.1) is 24.1 Å². The van der Waals surface area contributed by atoms with Gasteiger partial charge in [-0.3, -0.25) is 14.3 Å². The summed E-state index contributed by atoms with van der Waals surface area (Å²) in [6.45, 7) is 1.20. The highest BCUT2D eigenvalue weighted by molar-refractivity contribution is 5.94. The SMILES string of the molecule is Cn1ncc2c1CCC[C@H]2NC(=O)C1CCN(C(=O)c2ccoc2)CC1. The second-order valence-corrected chi connectivity index (χ2v) is 7.20. The number of hydrogen-bond donors (Lipinski definition) is 1. The van der Waals surface area contributed by atoms with E-state index in [9.17, 15) is 9.59 Å². The normalized spacial score (nSPS) is 20.7. The quantitative estimate of drug-likeness (QED) is 0.913. The van der Waals surface area contributed by atoms with Gasteiger partial charge < -0.3 is 14.6 Å². The van der Waals surface area contributed by atoms with Crippen molar-refractivity contribution in [3.05, 3.63) is 41.6 Å². The van der Waals surface area contributed by atoms with Crippen LogP contribution in [0.4, 0.5) is 0 Å². The van der Waals surface area contributed by atoms with Gasteiger partial charge in [0.2, 0.25) is 5.91 Å². The van der Waals surface area contributed by atoms with E-state index in [1.165, 1.54) is 18.2 Å². The summed E-state index contributed by atoms with van der Waals surface area (Å²) in [5.41, 5.74) is 2.95. The van der Waals surface area contributed by atoms with Gasteiger partial charge in [0.25, 0.3) is 5.91 Å². The van der Waals surface area contributed by atoms with E-state index in [-0.39, 0.29) is 23.8 Å². The third kappa shape index (κ3) is 3.13. The van der Waals surface area contributed by atoms with E-state index in [1.807, 2.05) is 17.9 Å². The van der Waals surface area contributed by atoms with E-state index in [0.717, 1.165) is 24.8 Å². The molecule has 4 rings (SSSR count). The monoisotopic (exact) mass is 356 g/mol. The standard InChI is InChI=1S/C19H24N4O3/c1-22-17-4-2-3-16(15(17)11-20-22)21-18(24)13-5-8-23(9-6-13)19(25)14-7-10-26-12-14/h7,10-13,16H,2-6,8-9H2,1H3,(H,21,24)/t16-/m1/s1. The first-order valence-corrected chi connectivity index (χ1v) is 9.26. The van der Waals surface area contributed by atoms with Crippen molar-refractivity contribution in [1.29, 1.82) is 0 Å². The Hall–Kier alpha value is -2.57. The molecule has 1 fully saturated rings. The van der Waals surface area contributed by atoms with Crippen LogP contribution in [0.2, 0.25) is 0 Å². The number of likely N-dealkylation sites (tertiary alicyclic amines) is 1. The zero-order valence-corrected chi connectivity index (χ0v) is 15.0. The van der Waals surface area contributed by atoms with Crippen LogP contribution < -0.4 is 5.32 Å². The number of carbonyl (C=O) groups excluding carboxylic acids is 2. The molecule has 138 valence electrons. The van der Waals surface area contributed by atoms with E-state index in [4.69, 9.17) is 4.42 Å². The number of nitrogens with one attached hydrogen (secondary N) is 1. The van der Waals surface area contributed by atoms with Gasteiger partial charge in [0.1, 0.15) is 6.26 Å². The molecule has 0 bridgehead atoms. The zero-order chi connectivity index (χ0) is 18.1. The number of furan rings is 1. The molecular weight excluding hydrogens is 332 g/mol. The number of rotatable bonds is 3. The number of fused-ring (bicyclic) bond motifs is 1. The number of piperidine rings is 1. The fourth-order valence-corrected chi connectivity index (χ4v) is 4.06. The van der Waals surface area contributed by atoms with Gasteiger partial charge in [-0.15, -0.1) is 0 Å². The third-order valence-corrected chi connectivity index (χ3v) is 5.61. The van der Waals surface area contributed by atoms with E-state index >= 15 is 0 Å². The molecule has 0 spiro atoms. The smallest absolute Gasteiger partial charge is 0.257 e. The first-order chi connectivity index (χ1) is 12.6. The average Bonchev–Trinajstić information content (AvgIpc) is 3.32. The molecule has 0 unspecified atom stereocenters. The molecule has 0 aromatic carbocycles. The highest BCUT2D eigenvalue weighted by atomic mass is 16.3. The molecule has 7 nitrogen and oxygen atoms in total. The molecule has 2 aromatic rings. The molecule has 1 saturated heterocycles. The third-order valence-electron chi connectivity index (χ3n) is 5.61. The summed E-state index contributed by atoms with van der Waals surface area (Å²) in [6.07, 6.45) is 9.29. The maximum absolute atomic E-state index is 12.7. The lowest BCUT2D eigenvalue weighted by Gasteiger charge is -2.32. The van der Waals surface area contributed by atoms with Crippen LogP contribution in [0, 0.1) is 5.92 Å². The summed E-state index contributed by atoms with van der Waals surface area (Å²) >= 11 is 0. The second-order valence-electron chi connectivity index (χ2n) is 7.20. The minimum absolute atomic E-state index is 0.0232. The highest BCUT2D eigenvalue weighted by Crippen LogP contribution is 2.30. The predicted molar refractivity (Wildman–Crippen MR) is 94.4 cm³/mol. The number of carbonyl (C=O) groups is 2. The Bertz CT molecular complexity index is 788. The number of aromatic nitrogens is 2. The van der Waals surface area contributed by atoms with E-state index in [2.05, 4.69) is 10.4 Å². The lowest BCUT2D eigenvalue weighted by atomic mass is 9.91. The van der Waals surface area contributed by atoms with Crippen molar-refractivity contribution in [3.63, 3.8) is 0 Å². The zero-order valence-electron chi connectivity index (χ0n) is 15.0. The van der Waals surface area contributed by atoms with Crippen molar-refractivity contribution in [2.45, 2.75) is 38.1 Å². The van der Waals surface area contributed by atoms with Gasteiger partial charge in [-0.1, -0.05) is 0 Å². The molecule has 0 radical (unpaired) electrons. The molecule has 1 aliphatic carbocycles. The van der Waals surface area contributed by atoms with Gasteiger partial charge in [-0.2, -0.15) is 5.10 Å². The lowest BCUT2D eigenvalue weighted by molar-refractivity contribution is -0.127. The maximum atomic E-state index is 12.7. The second kappa shape index (κ2) is 6.97. The van der Waals surface area contributed by atoms with Crippen molar-refractivity contribution in [2.24, 2.45) is 13.0 Å². The van der Waals surface area contributed by atoms with Gasteiger partial charge in [-0.25, -0.2) is 0 Å². The van der Waals surface area contributed by atoms with Gasteiger partial charge in [-0.05, 0) is 38.2 Å². The molecule has 1 N–H and O–H groups in total. The molecule has 1 atom stereocenters. The summed E-state index contributed by atoms with van der Waals surface area (Å²) in [6, 6.07) is 1.74. The van der Waals surface area contributed by atoms with Crippen molar-refractivity contribution < 1.29 is 14.0 Å². The lowest BCUT2D eigenvalue weighted by Crippen LogP contribution is -2.44. The van der Waals surface area contributed by atoms with Crippen molar-refractivity contribution in [3.8, 4) is 0 Å². The first kappa shape index (κ1) is 16.9. The van der Waals surface area contributed by atoms with Crippen LogP contribution in [0.3, 0.4) is 0 Å². The van der Waals surface area contributed by atoms with E-state index in [0.29, 0.717) is 31.5 Å². The summed E-state index contributed by atoms with van der Waals surface area (Å²) < 4.78 is 6.89. The highest BCUT2D eigenvalue weighted by Gasteiger charge is 2.31. The predicted octanol–water partition coefficient (Wildman–Crippen LogP) is 2.06. The molecular formula is C19H24N4O3. The molecule has 1 aliphatic heterocycles. The Balaban J connectivity index is 1.34. The van der Waals surface area contributed by atoms with Crippen LogP contribution in [0.1, 0.15) is 53.3 Å². The number of hydrogen-bond acceptors (Lipinski definition) is 4. The fourth-order valence-electron chi connectivity index (χ4n) is 4.06. The van der Waals surface area contributed by atoms with Gasteiger partial charge in [0, 0.05) is 37.3 Å². The molecule has 2 aromatic heterocycles. The van der Waals surface area contributed by atoms with Crippen LogP contribution >= 0.6 is 0 Å². The first-order valence-electron chi connectivity index (χ1n) is 9.26. The van der Waals surface area contributed by atoms with Crippen LogP contribution in [0.15, 0.2) is 29.2 Å². The molecule has 2 aliphatic rings. The van der Waals surface area contributed by atoms with Gasteiger partial charge >= 0.3 is 0 Å². The number of amides is 2. The average molecular weight is 356 g/mol. The number of nitrogens with zero attached hydrogens (tertiary/aromatic N) is 3. The molecule has 2 amide bonds. The minimum Gasteiger partial charge on any atom is -0.472 e. The largest absolute Gasteiger partial charge is 0.472 e. The van der Waals surface area contributed by atoms with E-state index in [1.54, 1.807) is 11.0 Å². The molecule has 7 heteroatoms. The van der Waals surface area contributed by atoms with Crippen molar-refractivity contribution >= 4 is 11.8 Å².